The molecule has 24 heavy (non-hydrogen) atoms. The minimum atomic E-state index is -0.577. The van der Waals surface area contributed by atoms with Gasteiger partial charge in [0.15, 0.2) is 0 Å². The second kappa shape index (κ2) is 5.67. The summed E-state index contributed by atoms with van der Waals surface area (Å²) in [5.74, 6) is -0.178. The topological polar surface area (TPSA) is 36.4 Å². The van der Waals surface area contributed by atoms with Crippen LogP contribution in [0.1, 0.15) is 24.0 Å². The number of fused-ring (bicyclic) bond motifs is 2. The first-order valence-corrected chi connectivity index (χ1v) is 8.30. The number of hydrogen-bond acceptors (Lipinski definition) is 3. The number of halogens is 1. The highest BCUT2D eigenvalue weighted by Crippen LogP contribution is 2.48. The van der Waals surface area contributed by atoms with Gasteiger partial charge in [-0.1, -0.05) is 6.07 Å². The third kappa shape index (κ3) is 2.31. The quantitative estimate of drug-likeness (QED) is 0.852. The molecular weight excluding hydrogens is 305 g/mol. The van der Waals surface area contributed by atoms with Gasteiger partial charge < -0.3 is 9.80 Å². The summed E-state index contributed by atoms with van der Waals surface area (Å²) in [6.07, 6.45) is 4.97. The maximum Gasteiger partial charge on any atom is 0.238 e. The van der Waals surface area contributed by atoms with Crippen LogP contribution in [0.3, 0.4) is 0 Å². The zero-order valence-electron chi connectivity index (χ0n) is 13.7. The average molecular weight is 325 g/mol. The molecule has 1 saturated heterocycles. The Morgan fingerprint density at radius 3 is 2.75 bits per heavy atom. The summed E-state index contributed by atoms with van der Waals surface area (Å²) in [6, 6.07) is 8.57. The van der Waals surface area contributed by atoms with Crippen molar-refractivity contribution in [3.8, 4) is 0 Å². The number of anilines is 1. The van der Waals surface area contributed by atoms with Gasteiger partial charge >= 0.3 is 0 Å². The molecule has 0 bridgehead atoms. The Bertz CT molecular complexity index is 769. The van der Waals surface area contributed by atoms with Gasteiger partial charge in [0, 0.05) is 18.1 Å². The Morgan fingerprint density at radius 1 is 1.25 bits per heavy atom. The van der Waals surface area contributed by atoms with Crippen molar-refractivity contribution in [2.75, 3.05) is 25.0 Å². The molecular formula is C19H20FN3O. The minimum Gasteiger partial charge on any atom is -0.307 e. The van der Waals surface area contributed by atoms with Crippen LogP contribution in [-0.2, 0) is 16.8 Å². The highest BCUT2D eigenvalue weighted by molar-refractivity contribution is 6.08. The summed E-state index contributed by atoms with van der Waals surface area (Å²) >= 11 is 0. The van der Waals surface area contributed by atoms with Gasteiger partial charge in [0.25, 0.3) is 0 Å². The maximum absolute atomic E-state index is 13.9. The average Bonchev–Trinajstić information content (AvgIpc) is 2.81. The monoisotopic (exact) mass is 325 g/mol. The molecule has 0 saturated carbocycles. The lowest BCUT2D eigenvalue weighted by atomic mass is 9.73. The first-order valence-electron chi connectivity index (χ1n) is 8.30. The number of hydrogen-bond donors (Lipinski definition) is 0. The molecule has 1 fully saturated rings. The van der Waals surface area contributed by atoms with Gasteiger partial charge in [-0.2, -0.15) is 0 Å². The number of piperidine rings is 1. The van der Waals surface area contributed by atoms with E-state index >= 15 is 0 Å². The zero-order chi connectivity index (χ0) is 16.7. The first kappa shape index (κ1) is 15.3. The van der Waals surface area contributed by atoms with E-state index in [-0.39, 0.29) is 11.7 Å². The summed E-state index contributed by atoms with van der Waals surface area (Å²) < 4.78 is 13.9. The van der Waals surface area contributed by atoms with E-state index < -0.39 is 5.41 Å². The van der Waals surface area contributed by atoms with Gasteiger partial charge in [0.2, 0.25) is 5.91 Å². The van der Waals surface area contributed by atoms with Crippen LogP contribution in [0.2, 0.25) is 0 Å². The Balaban J connectivity index is 1.76. The second-order valence-electron chi connectivity index (χ2n) is 6.80. The van der Waals surface area contributed by atoms with E-state index in [4.69, 9.17) is 0 Å². The Hall–Kier alpha value is -2.27. The van der Waals surface area contributed by atoms with Crippen LogP contribution in [0, 0.1) is 5.82 Å². The number of carbonyl (C=O) groups excluding carboxylic acids is 1. The highest BCUT2D eigenvalue weighted by atomic mass is 19.1. The summed E-state index contributed by atoms with van der Waals surface area (Å²) in [5.41, 5.74) is 2.09. The molecule has 4 nitrogen and oxygen atoms in total. The summed E-state index contributed by atoms with van der Waals surface area (Å²) in [4.78, 5) is 21.5. The Labute approximate surface area is 140 Å². The van der Waals surface area contributed by atoms with Crippen LogP contribution < -0.4 is 4.90 Å². The number of likely N-dealkylation sites (tertiary alicyclic amines) is 1. The van der Waals surface area contributed by atoms with Gasteiger partial charge in [-0.25, -0.2) is 4.39 Å². The van der Waals surface area contributed by atoms with Crippen LogP contribution >= 0.6 is 0 Å². The summed E-state index contributed by atoms with van der Waals surface area (Å²) in [7, 11) is 2.06. The molecule has 1 aromatic heterocycles. The molecule has 124 valence electrons. The van der Waals surface area contributed by atoms with Crippen LogP contribution in [0.5, 0.6) is 0 Å². The number of nitrogens with zero attached hydrogens (tertiary/aromatic N) is 3. The molecule has 1 aromatic carbocycles. The maximum atomic E-state index is 13.9. The number of aromatic nitrogens is 1. The SMILES string of the molecule is CN1CCC2(CC1)C(=O)N(Cc1cccnc1)c1ccc(F)cc12. The third-order valence-corrected chi connectivity index (χ3v) is 5.32. The molecule has 2 aromatic rings. The third-order valence-electron chi connectivity index (χ3n) is 5.32. The fourth-order valence-electron chi connectivity index (χ4n) is 3.92. The Kier molecular flexibility index (Phi) is 3.61. The van der Waals surface area contributed by atoms with Crippen molar-refractivity contribution in [2.45, 2.75) is 24.8 Å². The number of pyridine rings is 1. The van der Waals surface area contributed by atoms with Gasteiger partial charge in [-0.3, -0.25) is 9.78 Å². The number of benzene rings is 1. The van der Waals surface area contributed by atoms with Crippen molar-refractivity contribution < 1.29 is 9.18 Å². The molecule has 3 heterocycles. The van der Waals surface area contributed by atoms with Crippen molar-refractivity contribution in [3.63, 3.8) is 0 Å². The van der Waals surface area contributed by atoms with Crippen molar-refractivity contribution in [1.82, 2.24) is 9.88 Å². The fraction of sp³-hybridized carbons (Fsp3) is 0.368. The van der Waals surface area contributed by atoms with Crippen molar-refractivity contribution in [2.24, 2.45) is 0 Å². The van der Waals surface area contributed by atoms with Crippen LogP contribution in [0.4, 0.5) is 10.1 Å². The normalized spacial score (nSPS) is 19.8. The number of amides is 1. The van der Waals surface area contributed by atoms with E-state index in [0.29, 0.717) is 6.54 Å². The molecule has 0 aliphatic carbocycles. The predicted molar refractivity (Wildman–Crippen MR) is 90.2 cm³/mol. The second-order valence-corrected chi connectivity index (χ2v) is 6.80. The molecule has 1 spiro atoms. The summed E-state index contributed by atoms with van der Waals surface area (Å²) in [5, 5.41) is 0. The largest absolute Gasteiger partial charge is 0.307 e. The minimum absolute atomic E-state index is 0.0973. The lowest BCUT2D eigenvalue weighted by molar-refractivity contribution is -0.124. The molecule has 0 atom stereocenters. The molecule has 5 heteroatoms. The predicted octanol–water partition coefficient (Wildman–Crippen LogP) is 2.73. The number of carbonyl (C=O) groups is 1. The lowest BCUT2D eigenvalue weighted by Crippen LogP contribution is -2.47. The molecule has 0 radical (unpaired) electrons. The van der Waals surface area contributed by atoms with Crippen molar-refractivity contribution in [1.29, 1.82) is 0 Å². The summed E-state index contributed by atoms with van der Waals surface area (Å²) in [6.45, 7) is 2.17. The first-order chi connectivity index (χ1) is 11.6. The van der Waals surface area contributed by atoms with E-state index in [0.717, 1.165) is 42.7 Å². The van der Waals surface area contributed by atoms with Crippen LogP contribution in [0.25, 0.3) is 0 Å². The van der Waals surface area contributed by atoms with Crippen molar-refractivity contribution >= 4 is 11.6 Å². The molecule has 1 amide bonds. The Morgan fingerprint density at radius 2 is 2.04 bits per heavy atom. The molecule has 2 aliphatic rings. The van der Waals surface area contributed by atoms with Crippen LogP contribution in [0.15, 0.2) is 42.7 Å². The zero-order valence-corrected chi connectivity index (χ0v) is 13.7. The molecule has 2 aliphatic heterocycles. The van der Waals surface area contributed by atoms with E-state index in [1.54, 1.807) is 29.4 Å². The number of rotatable bonds is 2. The van der Waals surface area contributed by atoms with Crippen LogP contribution in [-0.4, -0.2) is 35.9 Å². The van der Waals surface area contributed by atoms with Gasteiger partial charge in [-0.05, 0) is 68.4 Å². The van der Waals surface area contributed by atoms with Crippen molar-refractivity contribution in [3.05, 3.63) is 59.7 Å². The van der Waals surface area contributed by atoms with Gasteiger partial charge in [0.1, 0.15) is 5.82 Å². The molecule has 0 N–H and O–H groups in total. The van der Waals surface area contributed by atoms with E-state index in [1.165, 1.54) is 6.07 Å². The highest BCUT2D eigenvalue weighted by Gasteiger charge is 2.51. The van der Waals surface area contributed by atoms with Gasteiger partial charge in [0.05, 0.1) is 12.0 Å². The van der Waals surface area contributed by atoms with E-state index in [9.17, 15) is 9.18 Å². The smallest absolute Gasteiger partial charge is 0.238 e. The molecule has 4 rings (SSSR count). The molecule has 0 unspecified atom stereocenters. The lowest BCUT2D eigenvalue weighted by Gasteiger charge is -2.36. The standard InChI is InChI=1S/C19H20FN3O/c1-22-9-6-19(7-10-22)16-11-15(20)4-5-17(16)23(18(19)24)13-14-3-2-8-21-12-14/h2-5,8,11-12H,6-7,9-10,13H2,1H3. The van der Waals surface area contributed by atoms with E-state index in [1.807, 2.05) is 12.1 Å². The van der Waals surface area contributed by atoms with E-state index in [2.05, 4.69) is 16.9 Å². The fourth-order valence-corrected chi connectivity index (χ4v) is 3.92. The van der Waals surface area contributed by atoms with Gasteiger partial charge in [-0.15, -0.1) is 0 Å².